The molecule has 3 aromatic rings. The minimum atomic E-state index is -0.965. The van der Waals surface area contributed by atoms with Crippen LogP contribution in [-0.2, 0) is 6.54 Å². The molecular formula is C19H17ClN4O2. The summed E-state index contributed by atoms with van der Waals surface area (Å²) in [6, 6.07) is 16.3. The summed E-state index contributed by atoms with van der Waals surface area (Å²) in [5.41, 5.74) is 6.37. The summed E-state index contributed by atoms with van der Waals surface area (Å²) in [6.45, 7) is 2.45. The number of anilines is 1. The molecule has 0 radical (unpaired) electrons. The number of aromatic nitrogens is 2. The van der Waals surface area contributed by atoms with Gasteiger partial charge in [-0.2, -0.15) is 10.2 Å². The third-order valence-corrected chi connectivity index (χ3v) is 4.20. The average Bonchev–Trinajstić information content (AvgIpc) is 2.90. The fraction of sp³-hybridized carbons (Fsp3) is 0.105. The summed E-state index contributed by atoms with van der Waals surface area (Å²) < 4.78 is 1.73. The minimum Gasteiger partial charge on any atom is -0.478 e. The highest BCUT2D eigenvalue weighted by Crippen LogP contribution is 2.19. The SMILES string of the molecule is Cc1nn(Cc2ccccc2)c(Cl)c1/C=N\Nc1ccc(C(=O)O)cc1. The highest BCUT2D eigenvalue weighted by atomic mass is 35.5. The van der Waals surface area contributed by atoms with Gasteiger partial charge in [0, 0.05) is 0 Å². The molecule has 7 heteroatoms. The summed E-state index contributed by atoms with van der Waals surface area (Å²) in [4.78, 5) is 10.8. The van der Waals surface area contributed by atoms with Gasteiger partial charge in [0.1, 0.15) is 5.15 Å². The molecule has 0 aliphatic rings. The zero-order valence-corrected chi connectivity index (χ0v) is 14.8. The Morgan fingerprint density at radius 1 is 1.23 bits per heavy atom. The molecule has 6 nitrogen and oxygen atoms in total. The van der Waals surface area contributed by atoms with Crippen molar-refractivity contribution in [1.29, 1.82) is 0 Å². The summed E-state index contributed by atoms with van der Waals surface area (Å²) in [6.07, 6.45) is 1.61. The van der Waals surface area contributed by atoms with Gasteiger partial charge in [-0.05, 0) is 36.8 Å². The zero-order valence-electron chi connectivity index (χ0n) is 14.1. The molecule has 0 amide bonds. The number of benzene rings is 2. The number of nitrogens with zero attached hydrogens (tertiary/aromatic N) is 3. The number of aryl methyl sites for hydroxylation is 1. The van der Waals surface area contributed by atoms with E-state index in [9.17, 15) is 4.79 Å². The van der Waals surface area contributed by atoms with Crippen molar-refractivity contribution in [2.24, 2.45) is 5.10 Å². The number of carboxylic acids is 1. The summed E-state index contributed by atoms with van der Waals surface area (Å²) in [7, 11) is 0. The third kappa shape index (κ3) is 4.10. The molecule has 132 valence electrons. The van der Waals surface area contributed by atoms with Gasteiger partial charge in [-0.15, -0.1) is 0 Å². The van der Waals surface area contributed by atoms with E-state index in [1.165, 1.54) is 12.1 Å². The number of nitrogens with one attached hydrogen (secondary N) is 1. The number of hydrogen-bond donors (Lipinski definition) is 2. The predicted octanol–water partition coefficient (Wildman–Crippen LogP) is 4.04. The lowest BCUT2D eigenvalue weighted by Gasteiger charge is -2.03. The topological polar surface area (TPSA) is 79.5 Å². The number of hydrazone groups is 1. The van der Waals surface area contributed by atoms with Crippen LogP contribution < -0.4 is 5.43 Å². The maximum atomic E-state index is 10.8. The first kappa shape index (κ1) is 17.7. The molecular weight excluding hydrogens is 352 g/mol. The van der Waals surface area contributed by atoms with Crippen LogP contribution in [0.1, 0.15) is 27.2 Å². The van der Waals surface area contributed by atoms with E-state index in [1.807, 2.05) is 37.3 Å². The van der Waals surface area contributed by atoms with Crippen LogP contribution in [0, 0.1) is 6.92 Å². The highest BCUT2D eigenvalue weighted by molar-refractivity contribution is 6.32. The Labute approximate surface area is 155 Å². The van der Waals surface area contributed by atoms with E-state index in [-0.39, 0.29) is 5.56 Å². The number of carboxylic acid groups (broad SMARTS) is 1. The van der Waals surface area contributed by atoms with Gasteiger partial charge in [0.2, 0.25) is 0 Å². The molecule has 26 heavy (non-hydrogen) atoms. The van der Waals surface area contributed by atoms with Crippen molar-refractivity contribution < 1.29 is 9.90 Å². The molecule has 0 saturated heterocycles. The van der Waals surface area contributed by atoms with Crippen LogP contribution in [0.5, 0.6) is 0 Å². The van der Waals surface area contributed by atoms with Gasteiger partial charge >= 0.3 is 5.97 Å². The third-order valence-electron chi connectivity index (χ3n) is 3.80. The van der Waals surface area contributed by atoms with Gasteiger partial charge in [0.25, 0.3) is 0 Å². The normalized spacial score (nSPS) is 11.0. The molecule has 0 saturated carbocycles. The van der Waals surface area contributed by atoms with Crippen molar-refractivity contribution in [3.63, 3.8) is 0 Å². The maximum Gasteiger partial charge on any atom is 0.335 e. The molecule has 3 rings (SSSR count). The van der Waals surface area contributed by atoms with E-state index in [1.54, 1.807) is 23.0 Å². The van der Waals surface area contributed by atoms with Crippen LogP contribution >= 0.6 is 11.6 Å². The number of carbonyl (C=O) groups is 1. The van der Waals surface area contributed by atoms with Gasteiger partial charge in [-0.1, -0.05) is 41.9 Å². The lowest BCUT2D eigenvalue weighted by Crippen LogP contribution is -2.01. The van der Waals surface area contributed by atoms with E-state index < -0.39 is 5.97 Å². The fourth-order valence-corrected chi connectivity index (χ4v) is 2.72. The lowest BCUT2D eigenvalue weighted by molar-refractivity contribution is 0.0697. The molecule has 0 aliphatic carbocycles. The quantitative estimate of drug-likeness (QED) is 0.508. The molecule has 0 bridgehead atoms. The van der Waals surface area contributed by atoms with Crippen molar-refractivity contribution in [2.75, 3.05) is 5.43 Å². The van der Waals surface area contributed by atoms with Gasteiger partial charge in [0.05, 0.1) is 35.3 Å². The summed E-state index contributed by atoms with van der Waals surface area (Å²) in [5.74, 6) is -0.965. The van der Waals surface area contributed by atoms with Gasteiger partial charge < -0.3 is 5.11 Å². The van der Waals surface area contributed by atoms with E-state index in [0.717, 1.165) is 16.8 Å². The molecule has 2 aromatic carbocycles. The van der Waals surface area contributed by atoms with Crippen LogP contribution in [0.3, 0.4) is 0 Å². The molecule has 0 fully saturated rings. The first-order chi connectivity index (χ1) is 12.5. The average molecular weight is 369 g/mol. The fourth-order valence-electron chi connectivity index (χ4n) is 2.43. The second kappa shape index (κ2) is 7.84. The molecule has 0 atom stereocenters. The number of hydrogen-bond acceptors (Lipinski definition) is 4. The van der Waals surface area contributed by atoms with Crippen molar-refractivity contribution >= 4 is 29.5 Å². The van der Waals surface area contributed by atoms with E-state index >= 15 is 0 Å². The van der Waals surface area contributed by atoms with Crippen molar-refractivity contribution in [1.82, 2.24) is 9.78 Å². The molecule has 2 N–H and O–H groups in total. The molecule has 0 unspecified atom stereocenters. The number of halogens is 1. The van der Waals surface area contributed by atoms with Gasteiger partial charge in [-0.3, -0.25) is 5.43 Å². The first-order valence-corrected chi connectivity index (χ1v) is 8.31. The largest absolute Gasteiger partial charge is 0.478 e. The Balaban J connectivity index is 1.71. The summed E-state index contributed by atoms with van der Waals surface area (Å²) in [5, 5.41) is 18.0. The highest BCUT2D eigenvalue weighted by Gasteiger charge is 2.12. The van der Waals surface area contributed by atoms with E-state index in [4.69, 9.17) is 16.7 Å². The molecule has 0 aliphatic heterocycles. The standard InChI is InChI=1S/C19H17ClN4O2/c1-13-17(11-21-22-16-9-7-15(8-10-16)19(25)26)18(20)24(23-13)12-14-5-3-2-4-6-14/h2-11,22H,12H2,1H3,(H,25,26)/b21-11-. The van der Waals surface area contributed by atoms with Crippen molar-refractivity contribution in [2.45, 2.75) is 13.5 Å². The number of aromatic carboxylic acids is 1. The number of rotatable bonds is 6. The van der Waals surface area contributed by atoms with Crippen LogP contribution in [0.15, 0.2) is 59.7 Å². The molecule has 1 heterocycles. The lowest BCUT2D eigenvalue weighted by atomic mass is 10.2. The Morgan fingerprint density at radius 3 is 2.58 bits per heavy atom. The Kier molecular flexibility index (Phi) is 5.34. The first-order valence-electron chi connectivity index (χ1n) is 7.94. The predicted molar refractivity (Wildman–Crippen MR) is 102 cm³/mol. The maximum absolute atomic E-state index is 10.8. The van der Waals surface area contributed by atoms with Crippen LogP contribution in [0.2, 0.25) is 5.15 Å². The monoisotopic (exact) mass is 368 g/mol. The second-order valence-electron chi connectivity index (χ2n) is 5.69. The van der Waals surface area contributed by atoms with Crippen molar-refractivity contribution in [3.8, 4) is 0 Å². The second-order valence-corrected chi connectivity index (χ2v) is 6.04. The molecule has 0 spiro atoms. The molecule has 1 aromatic heterocycles. The van der Waals surface area contributed by atoms with Crippen LogP contribution in [0.4, 0.5) is 5.69 Å². The van der Waals surface area contributed by atoms with Gasteiger partial charge in [-0.25, -0.2) is 9.48 Å². The van der Waals surface area contributed by atoms with Crippen LogP contribution in [-0.4, -0.2) is 27.1 Å². The zero-order chi connectivity index (χ0) is 18.5. The van der Waals surface area contributed by atoms with E-state index in [2.05, 4.69) is 15.6 Å². The van der Waals surface area contributed by atoms with Crippen LogP contribution in [0.25, 0.3) is 0 Å². The smallest absolute Gasteiger partial charge is 0.335 e. The van der Waals surface area contributed by atoms with E-state index in [0.29, 0.717) is 17.4 Å². The Bertz CT molecular complexity index is 934. The van der Waals surface area contributed by atoms with Gasteiger partial charge in [0.15, 0.2) is 0 Å². The van der Waals surface area contributed by atoms with Crippen molar-refractivity contribution in [3.05, 3.63) is 82.1 Å². The Morgan fingerprint density at radius 2 is 1.92 bits per heavy atom. The summed E-state index contributed by atoms with van der Waals surface area (Å²) >= 11 is 6.43. The Hall–Kier alpha value is -3.12. The minimum absolute atomic E-state index is 0.223.